The lowest BCUT2D eigenvalue weighted by Gasteiger charge is -2.13. The molecule has 0 aliphatic rings. The van der Waals surface area contributed by atoms with Crippen molar-refractivity contribution >= 4 is 16.9 Å². The third-order valence-corrected chi connectivity index (χ3v) is 4.90. The highest BCUT2D eigenvalue weighted by Gasteiger charge is 2.21. The number of fused-ring (bicyclic) bond motifs is 1. The molecule has 9 heteroatoms. The topological polar surface area (TPSA) is 106 Å². The van der Waals surface area contributed by atoms with E-state index in [1.807, 2.05) is 6.07 Å². The quantitative estimate of drug-likeness (QED) is 0.458. The van der Waals surface area contributed by atoms with E-state index in [-0.39, 0.29) is 28.1 Å². The van der Waals surface area contributed by atoms with E-state index in [9.17, 15) is 14.0 Å². The molecule has 0 aliphatic carbocycles. The van der Waals surface area contributed by atoms with Crippen molar-refractivity contribution < 1.29 is 9.18 Å². The number of aromatic amines is 1. The molecule has 5 rings (SSSR count). The van der Waals surface area contributed by atoms with Crippen LogP contribution >= 0.6 is 0 Å². The summed E-state index contributed by atoms with van der Waals surface area (Å²) >= 11 is 0. The van der Waals surface area contributed by atoms with E-state index in [4.69, 9.17) is 0 Å². The van der Waals surface area contributed by atoms with Gasteiger partial charge in [0.2, 0.25) is 0 Å². The van der Waals surface area contributed by atoms with Crippen molar-refractivity contribution in [3.63, 3.8) is 0 Å². The molecular formula is C23H15FN6O2. The van der Waals surface area contributed by atoms with E-state index >= 15 is 0 Å². The van der Waals surface area contributed by atoms with E-state index in [2.05, 4.69) is 25.6 Å². The summed E-state index contributed by atoms with van der Waals surface area (Å²) in [6, 6.07) is 18.1. The van der Waals surface area contributed by atoms with Crippen molar-refractivity contribution in [2.45, 2.75) is 0 Å². The monoisotopic (exact) mass is 426 g/mol. The van der Waals surface area contributed by atoms with Crippen LogP contribution in [-0.2, 0) is 0 Å². The van der Waals surface area contributed by atoms with Gasteiger partial charge in [0.1, 0.15) is 17.0 Å². The second-order valence-electron chi connectivity index (χ2n) is 6.89. The van der Waals surface area contributed by atoms with Gasteiger partial charge in [-0.2, -0.15) is 9.77 Å². The number of carbonyl (C=O) groups is 1. The third kappa shape index (κ3) is 3.31. The van der Waals surface area contributed by atoms with Gasteiger partial charge >= 0.3 is 0 Å². The zero-order valence-corrected chi connectivity index (χ0v) is 16.5. The fraction of sp³-hybridized carbons (Fsp3) is 0. The summed E-state index contributed by atoms with van der Waals surface area (Å²) in [5.74, 6) is -0.815. The van der Waals surface area contributed by atoms with Crippen molar-refractivity contribution in [2.75, 3.05) is 5.43 Å². The average molecular weight is 426 g/mol. The van der Waals surface area contributed by atoms with Gasteiger partial charge in [0.15, 0.2) is 11.3 Å². The number of aromatic nitrogens is 5. The van der Waals surface area contributed by atoms with Crippen LogP contribution in [0.2, 0.25) is 0 Å². The van der Waals surface area contributed by atoms with Crippen LogP contribution in [0.4, 0.5) is 4.39 Å². The number of nitrogens with one attached hydrogen (secondary N) is 2. The standard InChI is InChI=1S/C23H15FN6O2/c24-17-9-5-4-8-16(17)18-19-20(28-27-18)23(32)30(21(26-19)14-6-2-1-3-7-14)29-22(31)15-10-12-25-13-11-15/h1-13H,(H,27,28)(H,29,31). The van der Waals surface area contributed by atoms with Crippen LogP contribution in [0.3, 0.4) is 0 Å². The Labute approximate surface area is 180 Å². The fourth-order valence-corrected chi connectivity index (χ4v) is 3.35. The molecule has 3 heterocycles. The van der Waals surface area contributed by atoms with Gasteiger partial charge in [-0.15, -0.1) is 0 Å². The Hall–Kier alpha value is -4.66. The van der Waals surface area contributed by atoms with Gasteiger partial charge in [0.25, 0.3) is 11.5 Å². The third-order valence-electron chi connectivity index (χ3n) is 4.90. The van der Waals surface area contributed by atoms with Gasteiger partial charge in [-0.05, 0) is 24.3 Å². The van der Waals surface area contributed by atoms with Gasteiger partial charge in [0.05, 0.1) is 0 Å². The molecule has 0 atom stereocenters. The van der Waals surface area contributed by atoms with Gasteiger partial charge < -0.3 is 0 Å². The predicted octanol–water partition coefficient (Wildman–Crippen LogP) is 3.37. The summed E-state index contributed by atoms with van der Waals surface area (Å²) < 4.78 is 15.5. The second-order valence-corrected chi connectivity index (χ2v) is 6.89. The molecule has 0 radical (unpaired) electrons. The van der Waals surface area contributed by atoms with E-state index in [1.54, 1.807) is 42.5 Å². The first-order chi connectivity index (χ1) is 15.6. The molecule has 2 aromatic carbocycles. The number of benzene rings is 2. The minimum Gasteiger partial charge on any atom is -0.270 e. The van der Waals surface area contributed by atoms with Crippen LogP contribution < -0.4 is 11.0 Å². The number of halogens is 1. The Bertz CT molecular complexity index is 1500. The lowest BCUT2D eigenvalue weighted by molar-refractivity contribution is 0.101. The van der Waals surface area contributed by atoms with Crippen LogP contribution in [0.25, 0.3) is 33.7 Å². The molecule has 0 spiro atoms. The first-order valence-corrected chi connectivity index (χ1v) is 9.66. The highest BCUT2D eigenvalue weighted by molar-refractivity contribution is 6.00. The molecule has 32 heavy (non-hydrogen) atoms. The van der Waals surface area contributed by atoms with E-state index in [0.29, 0.717) is 11.1 Å². The fourth-order valence-electron chi connectivity index (χ4n) is 3.35. The Morgan fingerprint density at radius 3 is 2.44 bits per heavy atom. The smallest absolute Gasteiger partial charge is 0.270 e. The maximum atomic E-state index is 14.4. The minimum absolute atomic E-state index is 0.0398. The number of amides is 1. The molecule has 0 bridgehead atoms. The molecule has 8 nitrogen and oxygen atoms in total. The molecular weight excluding hydrogens is 411 g/mol. The maximum Gasteiger partial charge on any atom is 0.298 e. The minimum atomic E-state index is -0.577. The first-order valence-electron chi connectivity index (χ1n) is 9.66. The molecule has 3 aromatic heterocycles. The van der Waals surface area contributed by atoms with Gasteiger partial charge in [-0.25, -0.2) is 9.37 Å². The summed E-state index contributed by atoms with van der Waals surface area (Å²) in [4.78, 5) is 34.6. The van der Waals surface area contributed by atoms with Gasteiger partial charge in [0, 0.05) is 29.1 Å². The zero-order chi connectivity index (χ0) is 22.1. The number of H-pyrrole nitrogens is 1. The molecule has 0 unspecified atom stereocenters. The Morgan fingerprint density at radius 2 is 1.69 bits per heavy atom. The van der Waals surface area contributed by atoms with Crippen LogP contribution in [0.5, 0.6) is 0 Å². The van der Waals surface area contributed by atoms with E-state index in [1.165, 1.54) is 30.6 Å². The number of nitrogens with zero attached hydrogens (tertiary/aromatic N) is 4. The highest BCUT2D eigenvalue weighted by atomic mass is 19.1. The Balaban J connectivity index is 1.73. The van der Waals surface area contributed by atoms with Crippen molar-refractivity contribution in [2.24, 2.45) is 0 Å². The van der Waals surface area contributed by atoms with Crippen molar-refractivity contribution in [3.8, 4) is 22.6 Å². The van der Waals surface area contributed by atoms with Gasteiger partial charge in [-0.1, -0.05) is 42.5 Å². The highest BCUT2D eigenvalue weighted by Crippen LogP contribution is 2.27. The Morgan fingerprint density at radius 1 is 0.969 bits per heavy atom. The van der Waals surface area contributed by atoms with E-state index in [0.717, 1.165) is 4.68 Å². The van der Waals surface area contributed by atoms with E-state index < -0.39 is 17.3 Å². The van der Waals surface area contributed by atoms with Crippen LogP contribution in [-0.4, -0.2) is 30.7 Å². The van der Waals surface area contributed by atoms with Crippen molar-refractivity contribution in [3.05, 3.63) is 101 Å². The molecule has 0 saturated carbocycles. The average Bonchev–Trinajstić information content (AvgIpc) is 3.26. The largest absolute Gasteiger partial charge is 0.298 e. The lowest BCUT2D eigenvalue weighted by atomic mass is 10.1. The summed E-state index contributed by atoms with van der Waals surface area (Å²) in [6.45, 7) is 0. The van der Waals surface area contributed by atoms with Crippen molar-refractivity contribution in [1.29, 1.82) is 0 Å². The summed E-state index contributed by atoms with van der Waals surface area (Å²) in [5, 5.41) is 6.78. The van der Waals surface area contributed by atoms with Gasteiger partial charge in [-0.3, -0.25) is 25.1 Å². The second kappa shape index (κ2) is 7.88. The SMILES string of the molecule is O=C(Nn1c(-c2ccccc2)nc2c(-c3ccccc3F)n[nH]c2c1=O)c1ccncc1. The number of pyridine rings is 1. The number of carbonyl (C=O) groups excluding carboxylic acids is 1. The van der Waals surface area contributed by atoms with Crippen molar-refractivity contribution in [1.82, 2.24) is 24.8 Å². The summed E-state index contributed by atoms with van der Waals surface area (Å²) in [7, 11) is 0. The molecule has 0 aliphatic heterocycles. The number of rotatable bonds is 4. The maximum absolute atomic E-state index is 14.4. The number of hydrogen-bond acceptors (Lipinski definition) is 5. The summed E-state index contributed by atoms with van der Waals surface area (Å²) in [5.41, 5.74) is 3.59. The number of hydrogen-bond donors (Lipinski definition) is 2. The Kier molecular flexibility index (Phi) is 4.75. The molecule has 1 amide bonds. The zero-order valence-electron chi connectivity index (χ0n) is 16.5. The molecule has 0 saturated heterocycles. The van der Waals surface area contributed by atoms with Crippen LogP contribution in [0, 0.1) is 5.82 Å². The van der Waals surface area contributed by atoms with Crippen LogP contribution in [0.1, 0.15) is 10.4 Å². The predicted molar refractivity (Wildman–Crippen MR) is 117 cm³/mol. The normalized spacial score (nSPS) is 10.9. The molecule has 0 fully saturated rings. The lowest BCUT2D eigenvalue weighted by Crippen LogP contribution is -2.35. The van der Waals surface area contributed by atoms with Crippen LogP contribution in [0.15, 0.2) is 83.9 Å². The first kappa shape index (κ1) is 19.3. The molecule has 5 aromatic rings. The molecule has 156 valence electrons. The molecule has 2 N–H and O–H groups in total. The summed E-state index contributed by atoms with van der Waals surface area (Å²) in [6.07, 6.45) is 2.96.